The van der Waals surface area contributed by atoms with Gasteiger partial charge in [-0.3, -0.25) is 9.59 Å². The molecule has 0 bridgehead atoms. The van der Waals surface area contributed by atoms with Gasteiger partial charge >= 0.3 is 12.4 Å². The summed E-state index contributed by atoms with van der Waals surface area (Å²) >= 11 is 0. The topological polar surface area (TPSA) is 42.3 Å². The predicted octanol–water partition coefficient (Wildman–Crippen LogP) is 7.13. The van der Waals surface area contributed by atoms with E-state index in [-0.39, 0.29) is 18.2 Å². The summed E-state index contributed by atoms with van der Waals surface area (Å²) < 4.78 is 81.5. The lowest BCUT2D eigenvalue weighted by molar-refractivity contribution is -0.143. The molecule has 0 radical (unpaired) electrons. The van der Waals surface area contributed by atoms with Crippen molar-refractivity contribution < 1.29 is 31.1 Å². The second-order valence-corrected chi connectivity index (χ2v) is 9.49. The number of aryl methyl sites for hydroxylation is 2. The number of aromatic nitrogens is 1. The number of pyridine rings is 1. The molecule has 4 rings (SSSR count). The van der Waals surface area contributed by atoms with Crippen molar-refractivity contribution in [3.05, 3.63) is 105 Å². The number of halogens is 6. The number of carbonyl (C=O) groups is 1. The Bertz CT molecular complexity index is 1600. The number of amides is 1. The van der Waals surface area contributed by atoms with Crippen molar-refractivity contribution in [2.24, 2.45) is 7.05 Å². The fraction of sp³-hybridized carbons (Fsp3) is 0.241. The number of benzene rings is 3. The van der Waals surface area contributed by atoms with E-state index in [2.05, 4.69) is 0 Å². The van der Waals surface area contributed by atoms with E-state index < -0.39 is 35.0 Å². The molecule has 4 nitrogen and oxygen atoms in total. The minimum absolute atomic E-state index is 0.0261. The van der Waals surface area contributed by atoms with E-state index in [1.807, 2.05) is 38.1 Å². The first kappa shape index (κ1) is 27.9. The molecular weight excluding hydrogens is 522 g/mol. The lowest BCUT2D eigenvalue weighted by atomic mass is 9.93. The number of hydrogen-bond donors (Lipinski definition) is 0. The standard InChI is InChI=1S/C29H24F6N2O2/c1-16-10-22-23(11-17(16)2)27(39)37(4)24(25(22)18-8-6-5-7-9-18)15-36(3)26(38)19-12-20(28(30,31)32)14-21(13-19)29(33,34)35/h5-14H,15H2,1-4H3. The van der Waals surface area contributed by atoms with Crippen molar-refractivity contribution in [1.82, 2.24) is 9.47 Å². The zero-order valence-electron chi connectivity index (χ0n) is 21.5. The second kappa shape index (κ2) is 9.91. The maximum absolute atomic E-state index is 13.4. The number of rotatable bonds is 4. The maximum Gasteiger partial charge on any atom is 0.416 e. The van der Waals surface area contributed by atoms with Gasteiger partial charge in [0.2, 0.25) is 0 Å². The summed E-state index contributed by atoms with van der Waals surface area (Å²) in [6, 6.07) is 13.5. The molecule has 204 valence electrons. The van der Waals surface area contributed by atoms with Crippen LogP contribution in [0.3, 0.4) is 0 Å². The smallest absolute Gasteiger partial charge is 0.336 e. The molecule has 0 unspecified atom stereocenters. The zero-order valence-corrected chi connectivity index (χ0v) is 21.5. The van der Waals surface area contributed by atoms with E-state index in [1.165, 1.54) is 18.7 Å². The van der Waals surface area contributed by atoms with Crippen LogP contribution in [0, 0.1) is 13.8 Å². The van der Waals surface area contributed by atoms with Crippen molar-refractivity contribution >= 4 is 16.7 Å². The average Bonchev–Trinajstić information content (AvgIpc) is 2.87. The minimum atomic E-state index is -5.09. The van der Waals surface area contributed by atoms with Crippen molar-refractivity contribution in [1.29, 1.82) is 0 Å². The molecular formula is C29H24F6N2O2. The van der Waals surface area contributed by atoms with Crippen LogP contribution in [0.2, 0.25) is 0 Å². The Hall–Kier alpha value is -4.08. The summed E-state index contributed by atoms with van der Waals surface area (Å²) in [5.41, 5.74) is -0.700. The summed E-state index contributed by atoms with van der Waals surface area (Å²) in [5.74, 6) is -1.06. The Labute approximate surface area is 220 Å². The Kier molecular flexibility index (Phi) is 7.10. The van der Waals surface area contributed by atoms with Crippen molar-refractivity contribution in [3.63, 3.8) is 0 Å². The third-order valence-electron chi connectivity index (χ3n) is 6.76. The van der Waals surface area contributed by atoms with Crippen LogP contribution in [0.15, 0.2) is 65.5 Å². The summed E-state index contributed by atoms with van der Waals surface area (Å²) in [5, 5.41) is 1.08. The monoisotopic (exact) mass is 546 g/mol. The van der Waals surface area contributed by atoms with Crippen molar-refractivity contribution in [2.75, 3.05) is 7.05 Å². The summed E-state index contributed by atoms with van der Waals surface area (Å²) in [6.45, 7) is 3.51. The molecule has 1 heterocycles. The first-order valence-electron chi connectivity index (χ1n) is 11.8. The third-order valence-corrected chi connectivity index (χ3v) is 6.76. The van der Waals surface area contributed by atoms with Gasteiger partial charge in [0.15, 0.2) is 0 Å². The van der Waals surface area contributed by atoms with Gasteiger partial charge in [-0.25, -0.2) is 0 Å². The first-order chi connectivity index (χ1) is 18.1. The molecule has 3 aromatic carbocycles. The number of alkyl halides is 6. The molecule has 0 fully saturated rings. The van der Waals surface area contributed by atoms with E-state index in [1.54, 1.807) is 18.2 Å². The minimum Gasteiger partial charge on any atom is -0.336 e. The highest BCUT2D eigenvalue weighted by Crippen LogP contribution is 2.37. The summed E-state index contributed by atoms with van der Waals surface area (Å²) in [6.07, 6.45) is -10.2. The number of nitrogens with zero attached hydrogens (tertiary/aromatic N) is 2. The molecule has 0 saturated carbocycles. The van der Waals surface area contributed by atoms with Crippen molar-refractivity contribution in [3.8, 4) is 11.1 Å². The number of hydrogen-bond acceptors (Lipinski definition) is 2. The normalized spacial score (nSPS) is 12.2. The van der Waals surface area contributed by atoms with Crippen LogP contribution < -0.4 is 5.56 Å². The van der Waals surface area contributed by atoms with E-state index in [9.17, 15) is 35.9 Å². The van der Waals surface area contributed by atoms with Gasteiger partial charge in [-0.05, 0) is 60.2 Å². The van der Waals surface area contributed by atoms with Crippen LogP contribution in [0.4, 0.5) is 26.3 Å². The number of carbonyl (C=O) groups excluding carboxylic acids is 1. The largest absolute Gasteiger partial charge is 0.416 e. The van der Waals surface area contributed by atoms with Gasteiger partial charge in [0.1, 0.15) is 0 Å². The molecule has 4 aromatic rings. The van der Waals surface area contributed by atoms with E-state index in [0.717, 1.165) is 21.6 Å². The quantitative estimate of drug-likeness (QED) is 0.256. The van der Waals surface area contributed by atoms with Gasteiger partial charge < -0.3 is 9.47 Å². The van der Waals surface area contributed by atoms with E-state index in [4.69, 9.17) is 0 Å². The molecule has 0 N–H and O–H groups in total. The highest BCUT2D eigenvalue weighted by Gasteiger charge is 2.38. The molecule has 10 heteroatoms. The van der Waals surface area contributed by atoms with Crippen molar-refractivity contribution in [2.45, 2.75) is 32.7 Å². The molecule has 1 amide bonds. The lowest BCUT2D eigenvalue weighted by Gasteiger charge is -2.24. The Morgan fingerprint density at radius 2 is 1.33 bits per heavy atom. The molecule has 0 spiro atoms. The highest BCUT2D eigenvalue weighted by atomic mass is 19.4. The van der Waals surface area contributed by atoms with Crippen LogP contribution in [0.1, 0.15) is 38.3 Å². The van der Waals surface area contributed by atoms with Crippen LogP contribution in [0.5, 0.6) is 0 Å². The SMILES string of the molecule is Cc1cc2c(-c3ccccc3)c(CN(C)C(=O)c3cc(C(F)(F)F)cc(C(F)(F)F)c3)n(C)c(=O)c2cc1C. The van der Waals surface area contributed by atoms with Crippen LogP contribution in [-0.4, -0.2) is 22.4 Å². The second-order valence-electron chi connectivity index (χ2n) is 9.49. The lowest BCUT2D eigenvalue weighted by Crippen LogP contribution is -2.31. The van der Waals surface area contributed by atoms with Crippen LogP contribution >= 0.6 is 0 Å². The summed E-state index contributed by atoms with van der Waals surface area (Å²) in [7, 11) is 2.78. The van der Waals surface area contributed by atoms with Gasteiger partial charge in [0.05, 0.1) is 17.7 Å². The fourth-order valence-electron chi connectivity index (χ4n) is 4.53. The van der Waals surface area contributed by atoms with Gasteiger partial charge in [0.25, 0.3) is 11.5 Å². The van der Waals surface area contributed by atoms with Crippen LogP contribution in [-0.2, 0) is 25.9 Å². The van der Waals surface area contributed by atoms with E-state index >= 15 is 0 Å². The number of fused-ring (bicyclic) bond motifs is 1. The molecule has 39 heavy (non-hydrogen) atoms. The Morgan fingerprint density at radius 1 is 0.821 bits per heavy atom. The zero-order chi connectivity index (χ0) is 28.9. The molecule has 0 saturated heterocycles. The van der Waals surface area contributed by atoms with Gasteiger partial charge in [-0.1, -0.05) is 36.4 Å². The van der Waals surface area contributed by atoms with Gasteiger partial charge in [0, 0.05) is 36.3 Å². The maximum atomic E-state index is 13.4. The molecule has 1 aromatic heterocycles. The predicted molar refractivity (Wildman–Crippen MR) is 136 cm³/mol. The molecule has 0 aliphatic heterocycles. The molecule has 0 aliphatic rings. The third kappa shape index (κ3) is 5.41. The average molecular weight is 547 g/mol. The summed E-state index contributed by atoms with van der Waals surface area (Å²) in [4.78, 5) is 27.6. The van der Waals surface area contributed by atoms with Gasteiger partial charge in [-0.15, -0.1) is 0 Å². The molecule has 0 aliphatic carbocycles. The van der Waals surface area contributed by atoms with Crippen LogP contribution in [0.25, 0.3) is 21.9 Å². The van der Waals surface area contributed by atoms with E-state index in [0.29, 0.717) is 34.2 Å². The molecule has 0 atom stereocenters. The van der Waals surface area contributed by atoms with Gasteiger partial charge in [-0.2, -0.15) is 26.3 Å². The first-order valence-corrected chi connectivity index (χ1v) is 11.8. The highest BCUT2D eigenvalue weighted by molar-refractivity contribution is 5.99. The fourth-order valence-corrected chi connectivity index (χ4v) is 4.53. The Balaban J connectivity index is 1.88. The Morgan fingerprint density at radius 3 is 1.85 bits per heavy atom.